The van der Waals surface area contributed by atoms with E-state index in [4.69, 9.17) is 0 Å². The van der Waals surface area contributed by atoms with E-state index in [-0.39, 0.29) is 42.0 Å². The second-order valence-electron chi connectivity index (χ2n) is 8.01. The van der Waals surface area contributed by atoms with Crippen molar-refractivity contribution in [3.8, 4) is 0 Å². The SMILES string of the molecule is O=C(Nc1ccc(S(=O)(=O)N2CCCCC2)cc1)c1ccc(CN2C(=O)CCC2=O)cc1. The van der Waals surface area contributed by atoms with Gasteiger partial charge in [-0.1, -0.05) is 18.6 Å². The highest BCUT2D eigenvalue weighted by Gasteiger charge is 2.29. The monoisotopic (exact) mass is 455 g/mol. The Hall–Kier alpha value is -3.04. The van der Waals surface area contributed by atoms with Gasteiger partial charge in [0.2, 0.25) is 21.8 Å². The van der Waals surface area contributed by atoms with Crippen LogP contribution in [0.1, 0.15) is 48.0 Å². The summed E-state index contributed by atoms with van der Waals surface area (Å²) < 4.78 is 27.0. The molecule has 2 aliphatic heterocycles. The Morgan fingerprint density at radius 2 is 1.44 bits per heavy atom. The molecule has 0 aliphatic carbocycles. The molecule has 8 nitrogen and oxygen atoms in total. The number of rotatable bonds is 6. The largest absolute Gasteiger partial charge is 0.322 e. The number of likely N-dealkylation sites (tertiary alicyclic amines) is 1. The first kappa shape index (κ1) is 22.2. The summed E-state index contributed by atoms with van der Waals surface area (Å²) >= 11 is 0. The van der Waals surface area contributed by atoms with Gasteiger partial charge in [0, 0.05) is 37.2 Å². The van der Waals surface area contributed by atoms with E-state index < -0.39 is 10.0 Å². The number of imide groups is 1. The Bertz CT molecular complexity index is 1110. The minimum absolute atomic E-state index is 0.178. The van der Waals surface area contributed by atoms with Crippen LogP contribution in [0.4, 0.5) is 5.69 Å². The summed E-state index contributed by atoms with van der Waals surface area (Å²) in [7, 11) is -3.51. The lowest BCUT2D eigenvalue weighted by Crippen LogP contribution is -2.35. The van der Waals surface area contributed by atoms with Crippen molar-refractivity contribution in [3.05, 3.63) is 59.7 Å². The fourth-order valence-corrected chi connectivity index (χ4v) is 5.43. The molecular formula is C23H25N3O5S. The molecule has 0 unspecified atom stereocenters. The Morgan fingerprint density at radius 1 is 0.844 bits per heavy atom. The normalized spacial score (nSPS) is 17.6. The van der Waals surface area contributed by atoms with Crippen LogP contribution < -0.4 is 5.32 Å². The van der Waals surface area contributed by atoms with Gasteiger partial charge in [-0.2, -0.15) is 4.31 Å². The quantitative estimate of drug-likeness (QED) is 0.675. The van der Waals surface area contributed by atoms with Gasteiger partial charge >= 0.3 is 0 Å². The van der Waals surface area contributed by atoms with Crippen LogP contribution >= 0.6 is 0 Å². The van der Waals surface area contributed by atoms with E-state index in [2.05, 4.69) is 5.32 Å². The highest BCUT2D eigenvalue weighted by atomic mass is 32.2. The number of carbonyl (C=O) groups is 3. The summed E-state index contributed by atoms with van der Waals surface area (Å²) in [4.78, 5) is 37.5. The minimum atomic E-state index is -3.51. The molecule has 2 aliphatic rings. The van der Waals surface area contributed by atoms with Gasteiger partial charge in [-0.3, -0.25) is 19.3 Å². The molecule has 0 saturated carbocycles. The standard InChI is InChI=1S/C23H25N3O5S/c27-21-12-13-22(28)26(21)16-17-4-6-18(7-5-17)23(29)24-19-8-10-20(11-9-19)32(30,31)25-14-2-1-3-15-25/h4-11H,1-3,12-16H2,(H,24,29). The third-order valence-corrected chi connectivity index (χ3v) is 7.69. The molecule has 9 heteroatoms. The van der Waals surface area contributed by atoms with Crippen LogP contribution in [0.25, 0.3) is 0 Å². The second kappa shape index (κ2) is 9.22. The van der Waals surface area contributed by atoms with Gasteiger partial charge in [-0.25, -0.2) is 8.42 Å². The topological polar surface area (TPSA) is 104 Å². The predicted molar refractivity (Wildman–Crippen MR) is 118 cm³/mol. The van der Waals surface area contributed by atoms with Gasteiger partial charge in [0.25, 0.3) is 5.91 Å². The van der Waals surface area contributed by atoms with Crippen LogP contribution in [-0.4, -0.2) is 48.4 Å². The highest BCUT2D eigenvalue weighted by Crippen LogP contribution is 2.22. The van der Waals surface area contributed by atoms with Crippen LogP contribution in [0.3, 0.4) is 0 Å². The first-order chi connectivity index (χ1) is 15.3. The Balaban J connectivity index is 1.38. The summed E-state index contributed by atoms with van der Waals surface area (Å²) in [6.45, 7) is 1.28. The second-order valence-corrected chi connectivity index (χ2v) is 9.95. The fraction of sp³-hybridized carbons (Fsp3) is 0.348. The number of anilines is 1. The number of sulfonamides is 1. The van der Waals surface area contributed by atoms with E-state index >= 15 is 0 Å². The van der Waals surface area contributed by atoms with E-state index in [1.165, 1.54) is 21.3 Å². The van der Waals surface area contributed by atoms with Gasteiger partial charge in [-0.05, 0) is 54.8 Å². The van der Waals surface area contributed by atoms with Gasteiger partial charge in [0.15, 0.2) is 0 Å². The number of carbonyl (C=O) groups excluding carboxylic acids is 3. The first-order valence-corrected chi connectivity index (χ1v) is 12.1. The average molecular weight is 456 g/mol. The molecule has 0 bridgehead atoms. The van der Waals surface area contributed by atoms with Crippen LogP contribution in [0, 0.1) is 0 Å². The van der Waals surface area contributed by atoms with Crippen LogP contribution in [0.15, 0.2) is 53.4 Å². The van der Waals surface area contributed by atoms with E-state index in [9.17, 15) is 22.8 Å². The van der Waals surface area contributed by atoms with Crippen LogP contribution in [-0.2, 0) is 26.2 Å². The number of piperidine rings is 1. The summed E-state index contributed by atoms with van der Waals surface area (Å²) in [5, 5.41) is 2.76. The summed E-state index contributed by atoms with van der Waals surface area (Å²) in [5.74, 6) is -0.693. The average Bonchev–Trinajstić information content (AvgIpc) is 3.12. The van der Waals surface area contributed by atoms with Crippen molar-refractivity contribution in [2.24, 2.45) is 0 Å². The van der Waals surface area contributed by atoms with Crippen molar-refractivity contribution < 1.29 is 22.8 Å². The molecule has 168 valence electrons. The maximum Gasteiger partial charge on any atom is 0.255 e. The molecule has 0 spiro atoms. The molecule has 2 aromatic carbocycles. The summed E-state index contributed by atoms with van der Waals surface area (Å²) in [5.41, 5.74) is 1.67. The lowest BCUT2D eigenvalue weighted by Gasteiger charge is -2.25. The molecule has 0 aromatic heterocycles. The molecular weight excluding hydrogens is 430 g/mol. The lowest BCUT2D eigenvalue weighted by molar-refractivity contribution is -0.139. The zero-order valence-electron chi connectivity index (χ0n) is 17.6. The molecule has 1 N–H and O–H groups in total. The third-order valence-electron chi connectivity index (χ3n) is 5.78. The number of benzene rings is 2. The molecule has 0 radical (unpaired) electrons. The van der Waals surface area contributed by atoms with Gasteiger partial charge in [-0.15, -0.1) is 0 Å². The maximum absolute atomic E-state index is 12.7. The number of nitrogens with one attached hydrogen (secondary N) is 1. The molecule has 4 rings (SSSR count). The Kier molecular flexibility index (Phi) is 6.38. The van der Waals surface area contributed by atoms with Crippen molar-refractivity contribution in [1.82, 2.24) is 9.21 Å². The van der Waals surface area contributed by atoms with Crippen molar-refractivity contribution in [2.75, 3.05) is 18.4 Å². The Morgan fingerprint density at radius 3 is 2.03 bits per heavy atom. The predicted octanol–water partition coefficient (Wildman–Crippen LogP) is 2.76. The van der Waals surface area contributed by atoms with Crippen molar-refractivity contribution in [2.45, 2.75) is 43.5 Å². The lowest BCUT2D eigenvalue weighted by atomic mass is 10.1. The minimum Gasteiger partial charge on any atom is -0.322 e. The maximum atomic E-state index is 12.7. The number of nitrogens with zero attached hydrogens (tertiary/aromatic N) is 2. The van der Waals surface area contributed by atoms with E-state index in [1.54, 1.807) is 36.4 Å². The number of hydrogen-bond acceptors (Lipinski definition) is 5. The smallest absolute Gasteiger partial charge is 0.255 e. The zero-order valence-corrected chi connectivity index (χ0v) is 18.4. The summed E-state index contributed by atoms with van der Waals surface area (Å²) in [6.07, 6.45) is 3.29. The number of hydrogen-bond donors (Lipinski definition) is 1. The number of amides is 3. The van der Waals surface area contributed by atoms with E-state index in [0.29, 0.717) is 24.3 Å². The van der Waals surface area contributed by atoms with Crippen molar-refractivity contribution >= 4 is 33.4 Å². The van der Waals surface area contributed by atoms with Gasteiger partial charge in [0.1, 0.15) is 0 Å². The molecule has 3 amide bonds. The van der Waals surface area contributed by atoms with Crippen molar-refractivity contribution in [3.63, 3.8) is 0 Å². The van der Waals surface area contributed by atoms with Crippen LogP contribution in [0.5, 0.6) is 0 Å². The van der Waals surface area contributed by atoms with Crippen molar-refractivity contribution in [1.29, 1.82) is 0 Å². The molecule has 0 atom stereocenters. The zero-order chi connectivity index (χ0) is 22.7. The molecule has 32 heavy (non-hydrogen) atoms. The highest BCUT2D eigenvalue weighted by molar-refractivity contribution is 7.89. The molecule has 2 fully saturated rings. The molecule has 2 saturated heterocycles. The van der Waals surface area contributed by atoms with Gasteiger partial charge < -0.3 is 5.32 Å². The Labute approximate surface area is 187 Å². The fourth-order valence-electron chi connectivity index (χ4n) is 3.91. The molecule has 2 heterocycles. The van der Waals surface area contributed by atoms with E-state index in [0.717, 1.165) is 24.8 Å². The van der Waals surface area contributed by atoms with E-state index in [1.807, 2.05) is 0 Å². The summed E-state index contributed by atoms with van der Waals surface area (Å²) in [6, 6.07) is 12.8. The van der Waals surface area contributed by atoms with Crippen LogP contribution in [0.2, 0.25) is 0 Å². The molecule has 2 aromatic rings. The first-order valence-electron chi connectivity index (χ1n) is 10.7. The third kappa shape index (κ3) is 4.73. The van der Waals surface area contributed by atoms with Gasteiger partial charge in [0.05, 0.1) is 11.4 Å².